The first-order valence-electron chi connectivity index (χ1n) is 9.51. The Labute approximate surface area is 167 Å². The van der Waals surface area contributed by atoms with Crippen LogP contribution in [0.25, 0.3) is 22.2 Å². The second kappa shape index (κ2) is 7.27. The number of amides is 1. The normalized spacial score (nSPS) is 19.6. The lowest BCUT2D eigenvalue weighted by Gasteiger charge is -2.45. The maximum atomic E-state index is 14.2. The standard InChI is InChI=1S/C21H22FN5O2/c1-12-13(2)27(8-7-26(12)14(3)28)21-15-10-23-18(9-17(15)24-11-25-21)20-16(22)5-4-6-19(20)29/h4-6,9-13,29H,7-8H2,1-3H3/t12-,13+/m1/s1. The van der Waals surface area contributed by atoms with Crippen LogP contribution in [0.2, 0.25) is 0 Å². The lowest BCUT2D eigenvalue weighted by molar-refractivity contribution is -0.131. The Kier molecular flexibility index (Phi) is 4.77. The number of hydrogen-bond donors (Lipinski definition) is 1. The van der Waals surface area contributed by atoms with E-state index in [2.05, 4.69) is 26.8 Å². The molecule has 0 unspecified atom stereocenters. The van der Waals surface area contributed by atoms with Crippen molar-refractivity contribution >= 4 is 22.6 Å². The summed E-state index contributed by atoms with van der Waals surface area (Å²) in [6.45, 7) is 6.93. The van der Waals surface area contributed by atoms with Crippen molar-refractivity contribution in [3.63, 3.8) is 0 Å². The van der Waals surface area contributed by atoms with Gasteiger partial charge >= 0.3 is 0 Å². The minimum atomic E-state index is -0.547. The molecule has 1 N–H and O–H groups in total. The van der Waals surface area contributed by atoms with Crippen LogP contribution in [0, 0.1) is 5.82 Å². The summed E-state index contributed by atoms with van der Waals surface area (Å²) in [5.74, 6) is 0.0739. The summed E-state index contributed by atoms with van der Waals surface area (Å²) in [5.41, 5.74) is 0.962. The van der Waals surface area contributed by atoms with Gasteiger partial charge in [-0.25, -0.2) is 14.4 Å². The summed E-state index contributed by atoms with van der Waals surface area (Å²) in [6, 6.07) is 5.89. The monoisotopic (exact) mass is 395 g/mol. The van der Waals surface area contributed by atoms with Gasteiger partial charge in [-0.15, -0.1) is 0 Å². The first-order chi connectivity index (χ1) is 13.9. The van der Waals surface area contributed by atoms with Crippen LogP contribution < -0.4 is 4.90 Å². The third-order valence-electron chi connectivity index (χ3n) is 5.69. The van der Waals surface area contributed by atoms with Gasteiger partial charge in [0.1, 0.15) is 23.7 Å². The van der Waals surface area contributed by atoms with Gasteiger partial charge in [0, 0.05) is 38.3 Å². The van der Waals surface area contributed by atoms with Gasteiger partial charge in [-0.1, -0.05) is 6.07 Å². The molecule has 29 heavy (non-hydrogen) atoms. The summed E-state index contributed by atoms with van der Waals surface area (Å²) < 4.78 is 14.2. The van der Waals surface area contributed by atoms with Crippen LogP contribution in [0.1, 0.15) is 20.8 Å². The number of phenols is 1. The molecule has 150 valence electrons. The summed E-state index contributed by atoms with van der Waals surface area (Å²) >= 11 is 0. The topological polar surface area (TPSA) is 82.5 Å². The molecular weight excluding hydrogens is 373 g/mol. The maximum Gasteiger partial charge on any atom is 0.219 e. The highest BCUT2D eigenvalue weighted by Gasteiger charge is 2.33. The van der Waals surface area contributed by atoms with Crippen LogP contribution in [0.5, 0.6) is 5.75 Å². The van der Waals surface area contributed by atoms with Crippen LogP contribution >= 0.6 is 0 Å². The molecular formula is C21H22FN5O2. The molecule has 0 aliphatic carbocycles. The van der Waals surface area contributed by atoms with Gasteiger partial charge in [0.05, 0.1) is 22.2 Å². The van der Waals surface area contributed by atoms with Crippen LogP contribution in [0.4, 0.5) is 10.2 Å². The minimum absolute atomic E-state index is 0.0360. The van der Waals surface area contributed by atoms with Gasteiger partial charge in [0.2, 0.25) is 5.91 Å². The summed E-state index contributed by atoms with van der Waals surface area (Å²) in [5, 5.41) is 10.8. The summed E-state index contributed by atoms with van der Waals surface area (Å²) in [7, 11) is 0. The number of fused-ring (bicyclic) bond motifs is 1. The van der Waals surface area contributed by atoms with Crippen molar-refractivity contribution in [3.8, 4) is 17.0 Å². The summed E-state index contributed by atoms with van der Waals surface area (Å²) in [4.78, 5) is 29.0. The fourth-order valence-electron chi connectivity index (χ4n) is 3.96. The van der Waals surface area contributed by atoms with Crippen molar-refractivity contribution in [1.29, 1.82) is 0 Å². The van der Waals surface area contributed by atoms with Gasteiger partial charge in [-0.3, -0.25) is 9.78 Å². The highest BCUT2D eigenvalue weighted by atomic mass is 19.1. The highest BCUT2D eigenvalue weighted by Crippen LogP contribution is 2.34. The zero-order chi connectivity index (χ0) is 20.7. The van der Waals surface area contributed by atoms with Crippen LogP contribution in [0.15, 0.2) is 36.8 Å². The Morgan fingerprint density at radius 1 is 1.17 bits per heavy atom. The third-order valence-corrected chi connectivity index (χ3v) is 5.69. The van der Waals surface area contributed by atoms with Crippen molar-refractivity contribution in [2.24, 2.45) is 0 Å². The summed E-state index contributed by atoms with van der Waals surface area (Å²) in [6.07, 6.45) is 3.08. The zero-order valence-electron chi connectivity index (χ0n) is 16.5. The van der Waals surface area contributed by atoms with E-state index in [0.29, 0.717) is 24.3 Å². The smallest absolute Gasteiger partial charge is 0.219 e. The third kappa shape index (κ3) is 3.24. The minimum Gasteiger partial charge on any atom is -0.507 e. The number of benzene rings is 1. The molecule has 0 bridgehead atoms. The SMILES string of the molecule is CC(=O)N1CCN(c2ncnc3cc(-c4c(O)cccc4F)ncc23)[C@@H](C)[C@H]1C. The van der Waals surface area contributed by atoms with Crippen molar-refractivity contribution in [3.05, 3.63) is 42.6 Å². The molecule has 3 aromatic rings. The first-order valence-corrected chi connectivity index (χ1v) is 9.51. The number of aromatic hydroxyl groups is 1. The van der Waals surface area contributed by atoms with E-state index in [1.54, 1.807) is 19.2 Å². The molecule has 3 heterocycles. The Hall–Kier alpha value is -3.29. The lowest BCUT2D eigenvalue weighted by atomic mass is 10.0. The van der Waals surface area contributed by atoms with Crippen LogP contribution in [0.3, 0.4) is 0 Å². The van der Waals surface area contributed by atoms with Crippen LogP contribution in [-0.2, 0) is 4.79 Å². The second-order valence-electron chi connectivity index (χ2n) is 7.30. The zero-order valence-corrected chi connectivity index (χ0v) is 16.5. The average molecular weight is 395 g/mol. The molecule has 1 aromatic carbocycles. The fraction of sp³-hybridized carbons (Fsp3) is 0.333. The molecule has 0 spiro atoms. The number of anilines is 1. The number of halogens is 1. The first kappa shape index (κ1) is 19.0. The number of phenolic OH excluding ortho intramolecular Hbond substituents is 1. The van der Waals surface area contributed by atoms with Gasteiger partial charge in [0.25, 0.3) is 0 Å². The molecule has 7 nitrogen and oxygen atoms in total. The number of piperazine rings is 1. The largest absolute Gasteiger partial charge is 0.507 e. The van der Waals surface area contributed by atoms with E-state index in [1.807, 2.05) is 11.8 Å². The quantitative estimate of drug-likeness (QED) is 0.718. The predicted molar refractivity (Wildman–Crippen MR) is 108 cm³/mol. The van der Waals surface area contributed by atoms with E-state index in [1.165, 1.54) is 24.5 Å². The van der Waals surface area contributed by atoms with E-state index in [9.17, 15) is 14.3 Å². The van der Waals surface area contributed by atoms with Gasteiger partial charge in [-0.2, -0.15) is 0 Å². The van der Waals surface area contributed by atoms with E-state index in [0.717, 1.165) is 11.2 Å². The molecule has 1 fully saturated rings. The molecule has 2 aromatic heterocycles. The second-order valence-corrected chi connectivity index (χ2v) is 7.30. The highest BCUT2D eigenvalue weighted by molar-refractivity contribution is 5.91. The molecule has 1 saturated heterocycles. The van der Waals surface area contributed by atoms with Crippen LogP contribution in [-0.4, -0.2) is 56.0 Å². The molecule has 2 atom stereocenters. The number of nitrogens with zero attached hydrogens (tertiary/aromatic N) is 5. The number of rotatable bonds is 2. The van der Waals surface area contributed by atoms with Gasteiger partial charge < -0.3 is 14.9 Å². The number of pyridine rings is 1. The average Bonchev–Trinajstić information content (AvgIpc) is 2.69. The molecule has 0 saturated carbocycles. The number of carbonyl (C=O) groups is 1. The van der Waals surface area contributed by atoms with Gasteiger partial charge in [0.15, 0.2) is 0 Å². The Bertz CT molecular complexity index is 1070. The molecule has 1 amide bonds. The van der Waals surface area contributed by atoms with E-state index < -0.39 is 5.82 Å². The Balaban J connectivity index is 1.75. The fourth-order valence-corrected chi connectivity index (χ4v) is 3.96. The molecule has 4 rings (SSSR count). The van der Waals surface area contributed by atoms with Gasteiger partial charge in [-0.05, 0) is 32.0 Å². The lowest BCUT2D eigenvalue weighted by Crippen LogP contribution is -2.58. The van der Waals surface area contributed by atoms with Crippen molar-refractivity contribution in [2.75, 3.05) is 18.0 Å². The molecule has 8 heteroatoms. The molecule has 1 aliphatic heterocycles. The van der Waals surface area contributed by atoms with Crippen molar-refractivity contribution in [2.45, 2.75) is 32.9 Å². The van der Waals surface area contributed by atoms with E-state index in [4.69, 9.17) is 0 Å². The number of aromatic nitrogens is 3. The van der Waals surface area contributed by atoms with Crippen molar-refractivity contribution < 1.29 is 14.3 Å². The predicted octanol–water partition coefficient (Wildman–Crippen LogP) is 2.98. The van der Waals surface area contributed by atoms with E-state index >= 15 is 0 Å². The van der Waals surface area contributed by atoms with Crippen molar-refractivity contribution in [1.82, 2.24) is 19.9 Å². The maximum absolute atomic E-state index is 14.2. The Morgan fingerprint density at radius 3 is 2.69 bits per heavy atom. The number of carbonyl (C=O) groups excluding carboxylic acids is 1. The molecule has 0 radical (unpaired) electrons. The molecule has 1 aliphatic rings. The van der Waals surface area contributed by atoms with E-state index in [-0.39, 0.29) is 29.3 Å². The number of hydrogen-bond acceptors (Lipinski definition) is 6. The Morgan fingerprint density at radius 2 is 1.97 bits per heavy atom.